The number of benzene rings is 2. The number of thioether (sulfide) groups is 1. The molecule has 0 unspecified atom stereocenters. The summed E-state index contributed by atoms with van der Waals surface area (Å²) in [5.41, 5.74) is 1.52. The van der Waals surface area contributed by atoms with Crippen molar-refractivity contribution in [2.45, 2.75) is 6.92 Å². The predicted molar refractivity (Wildman–Crippen MR) is 104 cm³/mol. The molecule has 0 radical (unpaired) electrons. The number of ether oxygens (including phenoxy) is 1. The first kappa shape index (κ1) is 17.6. The molecule has 2 aromatic rings. The summed E-state index contributed by atoms with van der Waals surface area (Å²) >= 11 is 4.67. The monoisotopic (exact) mass is 418 g/mol. The van der Waals surface area contributed by atoms with Crippen molar-refractivity contribution >= 4 is 50.5 Å². The van der Waals surface area contributed by atoms with Crippen molar-refractivity contribution in [2.24, 2.45) is 4.99 Å². The van der Waals surface area contributed by atoms with Crippen LogP contribution in [0.4, 0.5) is 5.69 Å². The van der Waals surface area contributed by atoms with E-state index in [0.717, 1.165) is 15.7 Å². The van der Waals surface area contributed by atoms with Crippen molar-refractivity contribution < 1.29 is 14.6 Å². The van der Waals surface area contributed by atoms with E-state index in [-0.39, 0.29) is 11.7 Å². The molecular formula is C18H15BrN2O3S. The molecule has 0 spiro atoms. The van der Waals surface area contributed by atoms with Gasteiger partial charge in [0.05, 0.1) is 17.2 Å². The molecule has 0 saturated carbocycles. The van der Waals surface area contributed by atoms with Crippen LogP contribution in [-0.2, 0) is 4.79 Å². The van der Waals surface area contributed by atoms with Crippen molar-refractivity contribution in [2.75, 3.05) is 6.61 Å². The molecular weight excluding hydrogens is 404 g/mol. The average Bonchev–Trinajstić information content (AvgIpc) is 2.90. The van der Waals surface area contributed by atoms with Gasteiger partial charge in [-0.2, -0.15) is 0 Å². The van der Waals surface area contributed by atoms with E-state index in [1.54, 1.807) is 24.3 Å². The second-order valence-electron chi connectivity index (χ2n) is 5.12. The molecule has 3 rings (SSSR count). The van der Waals surface area contributed by atoms with Crippen LogP contribution in [0, 0.1) is 0 Å². The van der Waals surface area contributed by atoms with Crippen LogP contribution in [0.15, 0.2) is 56.8 Å². The number of amidine groups is 1. The van der Waals surface area contributed by atoms with E-state index in [0.29, 0.717) is 22.4 Å². The summed E-state index contributed by atoms with van der Waals surface area (Å²) in [4.78, 5) is 17.1. The lowest BCUT2D eigenvalue weighted by Crippen LogP contribution is -2.19. The minimum absolute atomic E-state index is 0.0735. The molecule has 0 aliphatic carbocycles. The molecule has 1 aliphatic rings. The van der Waals surface area contributed by atoms with Crippen LogP contribution in [-0.4, -0.2) is 22.8 Å². The van der Waals surface area contributed by atoms with Gasteiger partial charge in [-0.05, 0) is 60.7 Å². The van der Waals surface area contributed by atoms with E-state index < -0.39 is 0 Å². The van der Waals surface area contributed by atoms with E-state index in [1.165, 1.54) is 11.8 Å². The fraction of sp³-hybridized carbons (Fsp3) is 0.111. The molecule has 2 aromatic carbocycles. The normalized spacial score (nSPS) is 17.1. The van der Waals surface area contributed by atoms with E-state index in [2.05, 4.69) is 26.2 Å². The Labute approximate surface area is 157 Å². The van der Waals surface area contributed by atoms with E-state index in [9.17, 15) is 9.90 Å². The van der Waals surface area contributed by atoms with Crippen LogP contribution < -0.4 is 10.1 Å². The smallest absolute Gasteiger partial charge is 0.264 e. The second-order valence-corrected chi connectivity index (χ2v) is 7.07. The van der Waals surface area contributed by atoms with E-state index in [4.69, 9.17) is 4.74 Å². The Morgan fingerprint density at radius 1 is 1.32 bits per heavy atom. The molecule has 0 aromatic heterocycles. The zero-order valence-electron chi connectivity index (χ0n) is 13.3. The highest BCUT2D eigenvalue weighted by Crippen LogP contribution is 2.32. The summed E-state index contributed by atoms with van der Waals surface area (Å²) in [6, 6.07) is 12.5. The fourth-order valence-electron chi connectivity index (χ4n) is 2.19. The first-order chi connectivity index (χ1) is 12.0. The predicted octanol–water partition coefficient (Wildman–Crippen LogP) is 4.45. The standard InChI is InChI=1S/C18H15BrN2O3S/c1-2-24-15-8-11(6-7-14(15)22)9-16-17(23)21-18(25-16)20-13-5-3-4-12(19)10-13/h3-10,22H,2H2,1H3,(H,20,21,23)/b16-9+. The quantitative estimate of drug-likeness (QED) is 0.719. The number of rotatable bonds is 4. The lowest BCUT2D eigenvalue weighted by Gasteiger charge is -2.06. The third-order valence-corrected chi connectivity index (χ3v) is 4.67. The number of amides is 1. The van der Waals surface area contributed by atoms with Gasteiger partial charge in [0, 0.05) is 4.47 Å². The van der Waals surface area contributed by atoms with Gasteiger partial charge < -0.3 is 15.2 Å². The summed E-state index contributed by atoms with van der Waals surface area (Å²) in [6.07, 6.45) is 1.74. The molecule has 1 amide bonds. The molecule has 7 heteroatoms. The minimum atomic E-state index is -0.204. The van der Waals surface area contributed by atoms with Crippen LogP contribution in [0.25, 0.3) is 6.08 Å². The van der Waals surface area contributed by atoms with Gasteiger partial charge in [-0.1, -0.05) is 28.1 Å². The Morgan fingerprint density at radius 2 is 2.16 bits per heavy atom. The number of nitrogens with zero attached hydrogens (tertiary/aromatic N) is 1. The highest BCUT2D eigenvalue weighted by Gasteiger charge is 2.24. The van der Waals surface area contributed by atoms with E-state index >= 15 is 0 Å². The van der Waals surface area contributed by atoms with Crippen LogP contribution in [0.2, 0.25) is 0 Å². The molecule has 5 nitrogen and oxygen atoms in total. The molecule has 1 fully saturated rings. The van der Waals surface area contributed by atoms with Crippen LogP contribution >= 0.6 is 27.7 Å². The Bertz CT molecular complexity index is 880. The van der Waals surface area contributed by atoms with Gasteiger partial charge in [-0.25, -0.2) is 4.99 Å². The lowest BCUT2D eigenvalue weighted by atomic mass is 10.2. The van der Waals surface area contributed by atoms with Gasteiger partial charge in [0.2, 0.25) is 0 Å². The number of nitrogens with one attached hydrogen (secondary N) is 1. The minimum Gasteiger partial charge on any atom is -0.504 e. The Kier molecular flexibility index (Phi) is 5.45. The van der Waals surface area contributed by atoms with Crippen molar-refractivity contribution in [1.29, 1.82) is 0 Å². The number of hydrogen-bond donors (Lipinski definition) is 2. The number of aliphatic imine (C=N–C) groups is 1. The zero-order valence-corrected chi connectivity index (χ0v) is 15.7. The summed E-state index contributed by atoms with van der Waals surface area (Å²) < 4.78 is 6.29. The van der Waals surface area contributed by atoms with Gasteiger partial charge in [-0.15, -0.1) is 0 Å². The Balaban J connectivity index is 1.83. The molecule has 0 atom stereocenters. The third-order valence-electron chi connectivity index (χ3n) is 3.27. The van der Waals surface area contributed by atoms with Gasteiger partial charge in [-0.3, -0.25) is 4.79 Å². The fourth-order valence-corrected chi connectivity index (χ4v) is 3.42. The lowest BCUT2D eigenvalue weighted by molar-refractivity contribution is -0.115. The molecule has 1 aliphatic heterocycles. The van der Waals surface area contributed by atoms with E-state index in [1.807, 2.05) is 31.2 Å². The highest BCUT2D eigenvalue weighted by molar-refractivity contribution is 9.10. The van der Waals surface area contributed by atoms with Crippen LogP contribution in [0.3, 0.4) is 0 Å². The first-order valence-corrected chi connectivity index (χ1v) is 9.17. The Morgan fingerprint density at radius 3 is 2.92 bits per heavy atom. The molecule has 2 N–H and O–H groups in total. The largest absolute Gasteiger partial charge is 0.504 e. The zero-order chi connectivity index (χ0) is 17.8. The van der Waals surface area contributed by atoms with Crippen molar-refractivity contribution in [3.8, 4) is 11.5 Å². The van der Waals surface area contributed by atoms with Gasteiger partial charge in [0.25, 0.3) is 5.91 Å². The van der Waals surface area contributed by atoms with Crippen molar-refractivity contribution in [3.63, 3.8) is 0 Å². The van der Waals surface area contributed by atoms with Gasteiger partial charge in [0.1, 0.15) is 0 Å². The van der Waals surface area contributed by atoms with Gasteiger partial charge in [0.15, 0.2) is 16.7 Å². The Hall–Kier alpha value is -2.25. The maximum absolute atomic E-state index is 12.2. The number of phenolic OH excluding ortho intramolecular Hbond substituents is 1. The summed E-state index contributed by atoms with van der Waals surface area (Å²) in [5.74, 6) is 0.262. The molecule has 1 heterocycles. The summed E-state index contributed by atoms with van der Waals surface area (Å²) in [6.45, 7) is 2.29. The molecule has 128 valence electrons. The number of aromatic hydroxyl groups is 1. The maximum atomic E-state index is 12.2. The number of hydrogen-bond acceptors (Lipinski definition) is 5. The van der Waals surface area contributed by atoms with Crippen molar-refractivity contribution in [3.05, 3.63) is 57.4 Å². The number of phenols is 1. The highest BCUT2D eigenvalue weighted by atomic mass is 79.9. The number of carbonyl (C=O) groups excluding carboxylic acids is 1. The average molecular weight is 419 g/mol. The SMILES string of the molecule is CCOc1cc(/C=C2/SC(=Nc3cccc(Br)c3)NC2=O)ccc1O. The third kappa shape index (κ3) is 4.43. The summed E-state index contributed by atoms with van der Waals surface area (Å²) in [5, 5.41) is 13.0. The van der Waals surface area contributed by atoms with Crippen LogP contribution in [0.5, 0.6) is 11.5 Å². The first-order valence-electron chi connectivity index (χ1n) is 7.56. The molecule has 25 heavy (non-hydrogen) atoms. The molecule has 0 bridgehead atoms. The van der Waals surface area contributed by atoms with Crippen LogP contribution in [0.1, 0.15) is 12.5 Å². The summed E-state index contributed by atoms with van der Waals surface area (Å²) in [7, 11) is 0. The second kappa shape index (κ2) is 7.76. The number of halogens is 1. The number of carbonyl (C=O) groups is 1. The van der Waals surface area contributed by atoms with Crippen molar-refractivity contribution in [1.82, 2.24) is 5.32 Å². The topological polar surface area (TPSA) is 70.9 Å². The maximum Gasteiger partial charge on any atom is 0.264 e. The molecule has 1 saturated heterocycles. The van der Waals surface area contributed by atoms with Gasteiger partial charge >= 0.3 is 0 Å².